The lowest BCUT2D eigenvalue weighted by Gasteiger charge is -2.11. The predicted octanol–water partition coefficient (Wildman–Crippen LogP) is 1.05. The van der Waals surface area contributed by atoms with Gasteiger partial charge in [0.25, 0.3) is 11.1 Å². The third-order valence-electron chi connectivity index (χ3n) is 2.51. The van der Waals surface area contributed by atoms with Crippen LogP contribution in [-0.2, 0) is 14.3 Å². The first-order valence-electron chi connectivity index (χ1n) is 6.24. The molecule has 1 atom stereocenters. The largest absolute Gasteiger partial charge is 0.452 e. The number of imide groups is 1. The molecular formula is C13H13N3O5S. The van der Waals surface area contributed by atoms with Crippen molar-refractivity contribution in [3.05, 3.63) is 24.3 Å². The summed E-state index contributed by atoms with van der Waals surface area (Å²) in [5.74, 6) is -1.51. The van der Waals surface area contributed by atoms with Crippen molar-refractivity contribution in [3.63, 3.8) is 0 Å². The van der Waals surface area contributed by atoms with E-state index in [1.165, 1.54) is 6.92 Å². The molecule has 0 saturated heterocycles. The highest BCUT2D eigenvalue weighted by molar-refractivity contribution is 7.99. The molecule has 22 heavy (non-hydrogen) atoms. The van der Waals surface area contributed by atoms with Crippen LogP contribution in [0, 0.1) is 0 Å². The topological polar surface area (TPSA) is 125 Å². The molecule has 2 aromatic rings. The summed E-state index contributed by atoms with van der Waals surface area (Å²) in [5.41, 5.74) is 6.10. The van der Waals surface area contributed by atoms with Crippen LogP contribution in [0.15, 0.2) is 33.9 Å². The summed E-state index contributed by atoms with van der Waals surface area (Å²) in [4.78, 5) is 37.7. The molecule has 3 amide bonds. The van der Waals surface area contributed by atoms with Gasteiger partial charge in [0.15, 0.2) is 11.7 Å². The van der Waals surface area contributed by atoms with Crippen LogP contribution in [0.25, 0.3) is 11.1 Å². The van der Waals surface area contributed by atoms with Gasteiger partial charge in [0.1, 0.15) is 11.3 Å². The van der Waals surface area contributed by atoms with Crippen molar-refractivity contribution in [2.75, 3.05) is 5.75 Å². The first-order valence-corrected chi connectivity index (χ1v) is 7.22. The number of nitrogens with two attached hydrogens (primary N) is 1. The molecule has 1 aromatic carbocycles. The summed E-state index contributed by atoms with van der Waals surface area (Å²) >= 11 is 1.05. The number of rotatable bonds is 5. The molecule has 1 heterocycles. The predicted molar refractivity (Wildman–Crippen MR) is 78.0 cm³/mol. The highest BCUT2D eigenvalue weighted by atomic mass is 32.2. The molecule has 0 fully saturated rings. The third kappa shape index (κ3) is 4.22. The molecule has 8 nitrogen and oxygen atoms in total. The van der Waals surface area contributed by atoms with Crippen LogP contribution in [0.2, 0.25) is 0 Å². The molecule has 9 heteroatoms. The Balaban J connectivity index is 1.84. The minimum Gasteiger partial charge on any atom is -0.452 e. The average molecular weight is 323 g/mol. The average Bonchev–Trinajstić information content (AvgIpc) is 2.87. The SMILES string of the molecule is C[C@@H](OC(=O)CSc1nc2ccccc2o1)C(=O)NC(N)=O. The number of primary amides is 1. The van der Waals surface area contributed by atoms with Crippen LogP contribution in [0.1, 0.15) is 6.92 Å². The van der Waals surface area contributed by atoms with E-state index in [0.29, 0.717) is 16.3 Å². The minimum atomic E-state index is -1.12. The Morgan fingerprint density at radius 1 is 1.41 bits per heavy atom. The zero-order valence-electron chi connectivity index (χ0n) is 11.6. The summed E-state index contributed by atoms with van der Waals surface area (Å²) in [7, 11) is 0. The monoisotopic (exact) mass is 323 g/mol. The fraction of sp³-hybridized carbons (Fsp3) is 0.231. The van der Waals surface area contributed by atoms with Gasteiger partial charge in [-0.2, -0.15) is 0 Å². The molecule has 0 saturated carbocycles. The van der Waals surface area contributed by atoms with E-state index in [1.54, 1.807) is 12.1 Å². The summed E-state index contributed by atoms with van der Waals surface area (Å²) in [6.07, 6.45) is -1.12. The van der Waals surface area contributed by atoms with Gasteiger partial charge in [0.05, 0.1) is 0 Å². The third-order valence-corrected chi connectivity index (χ3v) is 3.31. The second-order valence-corrected chi connectivity index (χ2v) is 5.15. The van der Waals surface area contributed by atoms with Crippen LogP contribution >= 0.6 is 11.8 Å². The number of hydrogen-bond donors (Lipinski definition) is 2. The van der Waals surface area contributed by atoms with E-state index >= 15 is 0 Å². The summed E-state index contributed by atoms with van der Waals surface area (Å²) in [6, 6.07) is 6.19. The smallest absolute Gasteiger partial charge is 0.318 e. The number of nitrogens with one attached hydrogen (secondary N) is 1. The van der Waals surface area contributed by atoms with Gasteiger partial charge in [-0.25, -0.2) is 9.78 Å². The van der Waals surface area contributed by atoms with Crippen LogP contribution in [0.5, 0.6) is 0 Å². The van der Waals surface area contributed by atoms with E-state index in [1.807, 2.05) is 17.4 Å². The van der Waals surface area contributed by atoms with Gasteiger partial charge in [0.2, 0.25) is 0 Å². The first-order chi connectivity index (χ1) is 10.5. The molecule has 0 radical (unpaired) electrons. The molecule has 1 aromatic heterocycles. The Kier molecular flexibility index (Phi) is 4.99. The Bertz CT molecular complexity index is 682. The van der Waals surface area contributed by atoms with Crippen LogP contribution in [0.4, 0.5) is 4.79 Å². The van der Waals surface area contributed by atoms with E-state index < -0.39 is 24.0 Å². The molecule has 0 aliphatic heterocycles. The van der Waals surface area contributed by atoms with Gasteiger partial charge < -0.3 is 14.9 Å². The summed E-state index contributed by atoms with van der Waals surface area (Å²) < 4.78 is 10.3. The quantitative estimate of drug-likeness (QED) is 0.622. The summed E-state index contributed by atoms with van der Waals surface area (Å²) in [5, 5.41) is 2.15. The molecule has 116 valence electrons. The van der Waals surface area contributed by atoms with Crippen molar-refractivity contribution in [1.82, 2.24) is 10.3 Å². The van der Waals surface area contributed by atoms with Crippen molar-refractivity contribution < 1.29 is 23.5 Å². The minimum absolute atomic E-state index is 0.0823. The molecule has 2 rings (SSSR count). The molecule has 0 aliphatic rings. The highest BCUT2D eigenvalue weighted by Gasteiger charge is 2.19. The van der Waals surface area contributed by atoms with Gasteiger partial charge in [-0.3, -0.25) is 14.9 Å². The highest BCUT2D eigenvalue weighted by Crippen LogP contribution is 2.23. The number of urea groups is 1. The van der Waals surface area contributed by atoms with Gasteiger partial charge in [-0.15, -0.1) is 0 Å². The number of hydrogen-bond acceptors (Lipinski definition) is 7. The maximum Gasteiger partial charge on any atom is 0.318 e. The van der Waals surface area contributed by atoms with Gasteiger partial charge in [-0.1, -0.05) is 23.9 Å². The number of nitrogens with zero attached hydrogens (tertiary/aromatic N) is 1. The van der Waals surface area contributed by atoms with Crippen LogP contribution in [0.3, 0.4) is 0 Å². The number of ether oxygens (including phenoxy) is 1. The molecule has 0 bridgehead atoms. The molecule has 0 aliphatic carbocycles. The van der Waals surface area contributed by atoms with Crippen molar-refractivity contribution in [2.24, 2.45) is 5.73 Å². The summed E-state index contributed by atoms with van der Waals surface area (Å²) in [6.45, 7) is 1.33. The standard InChI is InChI=1S/C13H13N3O5S/c1-7(11(18)16-12(14)19)20-10(17)6-22-13-15-8-4-2-3-5-9(8)21-13/h2-5,7H,6H2,1H3,(H3,14,16,18,19)/t7-/m1/s1. The number of amides is 3. The number of thioether (sulfide) groups is 1. The van der Waals surface area contributed by atoms with E-state index in [2.05, 4.69) is 4.98 Å². The maximum atomic E-state index is 11.6. The van der Waals surface area contributed by atoms with E-state index in [-0.39, 0.29) is 5.75 Å². The van der Waals surface area contributed by atoms with Crippen LogP contribution < -0.4 is 11.1 Å². The molecular weight excluding hydrogens is 310 g/mol. The second kappa shape index (κ2) is 6.94. The van der Waals surface area contributed by atoms with Crippen LogP contribution in [-0.4, -0.2) is 34.7 Å². The lowest BCUT2D eigenvalue weighted by molar-refractivity contribution is -0.151. The normalized spacial score (nSPS) is 11.9. The number of benzene rings is 1. The fourth-order valence-corrected chi connectivity index (χ4v) is 2.16. The lowest BCUT2D eigenvalue weighted by atomic mass is 10.3. The Morgan fingerprint density at radius 3 is 2.82 bits per heavy atom. The molecule has 3 N–H and O–H groups in total. The molecule has 0 unspecified atom stereocenters. The second-order valence-electron chi connectivity index (χ2n) is 4.22. The lowest BCUT2D eigenvalue weighted by Crippen LogP contribution is -2.42. The van der Waals surface area contributed by atoms with E-state index in [0.717, 1.165) is 11.8 Å². The molecule has 0 spiro atoms. The Labute approximate surface area is 129 Å². The first kappa shape index (κ1) is 15.8. The zero-order valence-corrected chi connectivity index (χ0v) is 12.4. The number of aromatic nitrogens is 1. The van der Waals surface area contributed by atoms with Crippen molar-refractivity contribution >= 4 is 40.8 Å². The van der Waals surface area contributed by atoms with Crippen molar-refractivity contribution in [1.29, 1.82) is 0 Å². The van der Waals surface area contributed by atoms with E-state index in [9.17, 15) is 14.4 Å². The number of esters is 1. The number of para-hydroxylation sites is 2. The Hall–Kier alpha value is -2.55. The number of fused-ring (bicyclic) bond motifs is 1. The van der Waals surface area contributed by atoms with Gasteiger partial charge in [-0.05, 0) is 19.1 Å². The van der Waals surface area contributed by atoms with Crippen molar-refractivity contribution in [2.45, 2.75) is 18.3 Å². The zero-order chi connectivity index (χ0) is 16.1. The van der Waals surface area contributed by atoms with Gasteiger partial charge >= 0.3 is 12.0 Å². The van der Waals surface area contributed by atoms with E-state index in [4.69, 9.17) is 14.9 Å². The number of oxazole rings is 1. The van der Waals surface area contributed by atoms with Crippen molar-refractivity contribution in [3.8, 4) is 0 Å². The number of carbonyl (C=O) groups excluding carboxylic acids is 3. The fourth-order valence-electron chi connectivity index (χ4n) is 1.54. The van der Waals surface area contributed by atoms with Gasteiger partial charge in [0, 0.05) is 0 Å². The number of carbonyl (C=O) groups is 3. The Morgan fingerprint density at radius 2 is 2.14 bits per heavy atom. The maximum absolute atomic E-state index is 11.6.